The van der Waals surface area contributed by atoms with Crippen molar-refractivity contribution in [1.29, 1.82) is 0 Å². The van der Waals surface area contributed by atoms with E-state index < -0.39 is 17.4 Å². The number of furan rings is 1. The van der Waals surface area contributed by atoms with E-state index in [1.54, 1.807) is 31.2 Å². The van der Waals surface area contributed by atoms with Gasteiger partial charge in [-0.05, 0) is 42.8 Å². The van der Waals surface area contributed by atoms with Crippen molar-refractivity contribution in [3.05, 3.63) is 87.5 Å². The molecule has 0 saturated carbocycles. The van der Waals surface area contributed by atoms with Crippen molar-refractivity contribution >= 4 is 0 Å². The van der Waals surface area contributed by atoms with Crippen molar-refractivity contribution in [2.45, 2.75) is 26.0 Å². The zero-order valence-corrected chi connectivity index (χ0v) is 13.6. The first-order valence-electron chi connectivity index (χ1n) is 7.93. The summed E-state index contributed by atoms with van der Waals surface area (Å²) in [7, 11) is 0. The number of aliphatic hydroxyl groups is 1. The minimum absolute atomic E-state index is 0.0948. The lowest BCUT2D eigenvalue weighted by Gasteiger charge is -2.11. The highest BCUT2D eigenvalue weighted by Crippen LogP contribution is 2.28. The summed E-state index contributed by atoms with van der Waals surface area (Å²) in [6, 6.07) is 10.8. The lowest BCUT2D eigenvalue weighted by atomic mass is 10.1. The molecule has 0 fully saturated rings. The van der Waals surface area contributed by atoms with Gasteiger partial charge < -0.3 is 19.2 Å². The van der Waals surface area contributed by atoms with Gasteiger partial charge in [0.1, 0.15) is 23.4 Å². The molecule has 0 aliphatic rings. The number of aromatic hydroxyl groups is 1. The molecule has 0 spiro atoms. The number of hydrogen-bond acceptors (Lipinski definition) is 4. The number of aryl methyl sites for hydroxylation is 1. The third-order valence-electron chi connectivity index (χ3n) is 4.05. The first-order chi connectivity index (χ1) is 12.0. The Balaban J connectivity index is 1.83. The maximum atomic E-state index is 12.9. The fourth-order valence-electron chi connectivity index (χ4n) is 2.64. The fraction of sp³-hybridized carbons (Fsp3) is 0.211. The van der Waals surface area contributed by atoms with E-state index in [1.807, 2.05) is 0 Å². The summed E-state index contributed by atoms with van der Waals surface area (Å²) in [5.74, 6) is 0.00744. The molecule has 1 unspecified atom stereocenters. The molecule has 2 aromatic heterocycles. The van der Waals surface area contributed by atoms with Gasteiger partial charge in [-0.25, -0.2) is 4.39 Å². The van der Waals surface area contributed by atoms with Crippen molar-refractivity contribution in [3.8, 4) is 5.75 Å². The average molecular weight is 343 g/mol. The highest BCUT2D eigenvalue weighted by atomic mass is 19.1. The third-order valence-corrected chi connectivity index (χ3v) is 4.05. The van der Waals surface area contributed by atoms with Gasteiger partial charge in [-0.2, -0.15) is 0 Å². The minimum Gasteiger partial charge on any atom is -0.503 e. The predicted molar refractivity (Wildman–Crippen MR) is 90.0 cm³/mol. The van der Waals surface area contributed by atoms with Crippen LogP contribution in [0.1, 0.15) is 35.7 Å². The van der Waals surface area contributed by atoms with Crippen LogP contribution in [-0.4, -0.2) is 14.8 Å². The van der Waals surface area contributed by atoms with Crippen molar-refractivity contribution in [3.63, 3.8) is 0 Å². The number of rotatable bonds is 5. The first kappa shape index (κ1) is 17.0. The zero-order valence-electron chi connectivity index (χ0n) is 13.6. The van der Waals surface area contributed by atoms with Crippen LogP contribution in [0, 0.1) is 5.82 Å². The van der Waals surface area contributed by atoms with E-state index in [4.69, 9.17) is 4.42 Å². The van der Waals surface area contributed by atoms with Gasteiger partial charge in [0.05, 0.1) is 0 Å². The average Bonchev–Trinajstić information content (AvgIpc) is 3.07. The summed E-state index contributed by atoms with van der Waals surface area (Å²) in [6.07, 6.45) is 0.709. The number of aliphatic hydroxyl groups excluding tert-OH is 1. The molecule has 6 heteroatoms. The smallest absolute Gasteiger partial charge is 0.293 e. The second kappa shape index (κ2) is 6.94. The number of halogens is 1. The van der Waals surface area contributed by atoms with Gasteiger partial charge >= 0.3 is 0 Å². The molecule has 0 radical (unpaired) electrons. The van der Waals surface area contributed by atoms with Gasteiger partial charge in [-0.15, -0.1) is 0 Å². The molecule has 130 valence electrons. The molecule has 3 aromatic rings. The van der Waals surface area contributed by atoms with E-state index in [0.29, 0.717) is 18.7 Å². The zero-order chi connectivity index (χ0) is 18.0. The van der Waals surface area contributed by atoms with Gasteiger partial charge in [-0.1, -0.05) is 12.1 Å². The Morgan fingerprint density at radius 3 is 2.56 bits per heavy atom. The number of nitrogens with zero attached hydrogens (tertiary/aromatic N) is 1. The molecule has 0 aliphatic carbocycles. The van der Waals surface area contributed by atoms with Gasteiger partial charge in [0.2, 0.25) is 0 Å². The van der Waals surface area contributed by atoms with Crippen LogP contribution >= 0.6 is 0 Å². The lowest BCUT2D eigenvalue weighted by Crippen LogP contribution is -2.20. The molecule has 0 saturated heterocycles. The number of benzene rings is 1. The highest BCUT2D eigenvalue weighted by molar-refractivity contribution is 5.35. The first-order valence-corrected chi connectivity index (χ1v) is 7.93. The second-order valence-corrected chi connectivity index (χ2v) is 5.72. The van der Waals surface area contributed by atoms with Gasteiger partial charge in [0.15, 0.2) is 5.75 Å². The van der Waals surface area contributed by atoms with Crippen molar-refractivity contribution in [2.24, 2.45) is 0 Å². The summed E-state index contributed by atoms with van der Waals surface area (Å²) in [6.45, 7) is 2.20. The molecular weight excluding hydrogens is 325 g/mol. The Morgan fingerprint density at radius 2 is 1.88 bits per heavy atom. The Kier molecular flexibility index (Phi) is 4.72. The summed E-state index contributed by atoms with van der Waals surface area (Å²) in [5.41, 5.74) is 0.403. The van der Waals surface area contributed by atoms with Crippen LogP contribution in [0.3, 0.4) is 0 Å². The molecule has 0 amide bonds. The Hall–Kier alpha value is -2.86. The molecule has 0 aliphatic heterocycles. The summed E-state index contributed by atoms with van der Waals surface area (Å²) in [4.78, 5) is 12.0. The Morgan fingerprint density at radius 1 is 1.16 bits per heavy atom. The summed E-state index contributed by atoms with van der Waals surface area (Å²) in [5, 5.41) is 20.5. The monoisotopic (exact) mass is 343 g/mol. The van der Waals surface area contributed by atoms with Crippen LogP contribution < -0.4 is 5.56 Å². The standard InChI is InChI=1S/C19H18FNO4/c1-2-21-10-9-15(18(23)19(21)24)17(22)16-8-7-14(25-16)11-12-3-5-13(20)6-4-12/h3-10,17,22-23H,2,11H2,1H3. The molecule has 25 heavy (non-hydrogen) atoms. The molecule has 0 bridgehead atoms. The van der Waals surface area contributed by atoms with Crippen molar-refractivity contribution in [1.82, 2.24) is 4.57 Å². The van der Waals surface area contributed by atoms with Gasteiger partial charge in [0.25, 0.3) is 5.56 Å². The van der Waals surface area contributed by atoms with Crippen LogP contribution in [0.25, 0.3) is 0 Å². The summed E-state index contributed by atoms with van der Waals surface area (Å²) >= 11 is 0. The van der Waals surface area contributed by atoms with Crippen molar-refractivity contribution in [2.75, 3.05) is 0 Å². The molecule has 2 N–H and O–H groups in total. The largest absolute Gasteiger partial charge is 0.503 e. The normalized spacial score (nSPS) is 12.3. The van der Waals surface area contributed by atoms with Gasteiger partial charge in [0, 0.05) is 24.7 Å². The fourth-order valence-corrected chi connectivity index (χ4v) is 2.64. The van der Waals surface area contributed by atoms with E-state index in [2.05, 4.69) is 0 Å². The number of hydrogen-bond donors (Lipinski definition) is 2. The second-order valence-electron chi connectivity index (χ2n) is 5.72. The molecule has 1 aromatic carbocycles. The number of pyridine rings is 1. The van der Waals surface area contributed by atoms with E-state index in [0.717, 1.165) is 5.56 Å². The maximum absolute atomic E-state index is 12.9. The molecule has 1 atom stereocenters. The quantitative estimate of drug-likeness (QED) is 0.747. The van der Waals surface area contributed by atoms with Crippen LogP contribution in [0.5, 0.6) is 5.75 Å². The topological polar surface area (TPSA) is 75.6 Å². The number of aromatic nitrogens is 1. The highest BCUT2D eigenvalue weighted by Gasteiger charge is 2.21. The SMILES string of the molecule is CCn1ccc(C(O)c2ccc(Cc3ccc(F)cc3)o2)c(O)c1=O. The molecular formula is C19H18FNO4. The molecule has 3 rings (SSSR count). The lowest BCUT2D eigenvalue weighted by molar-refractivity contribution is 0.182. The van der Waals surface area contributed by atoms with Crippen LogP contribution in [0.15, 0.2) is 57.9 Å². The van der Waals surface area contributed by atoms with Crippen LogP contribution in [-0.2, 0) is 13.0 Å². The molecule has 5 nitrogen and oxygen atoms in total. The van der Waals surface area contributed by atoms with Crippen molar-refractivity contribution < 1.29 is 19.0 Å². The van der Waals surface area contributed by atoms with Gasteiger partial charge in [-0.3, -0.25) is 4.79 Å². The van der Waals surface area contributed by atoms with Crippen LogP contribution in [0.2, 0.25) is 0 Å². The Labute approximate surface area is 143 Å². The minimum atomic E-state index is -1.25. The van der Waals surface area contributed by atoms with E-state index in [-0.39, 0.29) is 17.1 Å². The predicted octanol–water partition coefficient (Wildman–Crippen LogP) is 2.98. The van der Waals surface area contributed by atoms with E-state index in [9.17, 15) is 19.4 Å². The van der Waals surface area contributed by atoms with E-state index in [1.165, 1.54) is 29.0 Å². The maximum Gasteiger partial charge on any atom is 0.293 e. The van der Waals surface area contributed by atoms with Crippen LogP contribution in [0.4, 0.5) is 4.39 Å². The third kappa shape index (κ3) is 3.49. The summed E-state index contributed by atoms with van der Waals surface area (Å²) < 4.78 is 19.9. The molecule has 2 heterocycles. The Bertz CT molecular complexity index is 927. The van der Waals surface area contributed by atoms with E-state index >= 15 is 0 Å².